The summed E-state index contributed by atoms with van der Waals surface area (Å²) in [5, 5.41) is 14.7. The topological polar surface area (TPSA) is 74.3 Å². The number of aryl methyl sites for hydroxylation is 1. The number of aromatic nitrogens is 1. The van der Waals surface area contributed by atoms with Crippen LogP contribution in [0.25, 0.3) is 0 Å². The number of rotatable bonds is 8. The van der Waals surface area contributed by atoms with Gasteiger partial charge in [0.25, 0.3) is 0 Å². The Morgan fingerprint density at radius 2 is 2.14 bits per heavy atom. The third-order valence-electron chi connectivity index (χ3n) is 3.04. The van der Waals surface area contributed by atoms with Crippen LogP contribution in [0.2, 0.25) is 0 Å². The number of thiazole rings is 1. The van der Waals surface area contributed by atoms with Crippen LogP contribution in [-0.4, -0.2) is 29.3 Å². The van der Waals surface area contributed by atoms with Gasteiger partial charge in [-0.15, -0.1) is 0 Å². The highest BCUT2D eigenvalue weighted by Crippen LogP contribution is 2.12. The fourth-order valence-electron chi connectivity index (χ4n) is 1.85. The van der Waals surface area contributed by atoms with Gasteiger partial charge in [-0.1, -0.05) is 30.4 Å². The van der Waals surface area contributed by atoms with Gasteiger partial charge in [0.15, 0.2) is 0 Å². The summed E-state index contributed by atoms with van der Waals surface area (Å²) in [5.41, 5.74) is 2.09. The summed E-state index contributed by atoms with van der Waals surface area (Å²) in [6, 6.07) is 7.86. The molecule has 2 rings (SSSR count). The van der Waals surface area contributed by atoms with Gasteiger partial charge in [-0.25, -0.2) is 0 Å². The zero-order valence-electron chi connectivity index (χ0n) is 12.0. The molecule has 0 radical (unpaired) electrons. The number of hydrogen-bond donors (Lipinski definition) is 3. The summed E-state index contributed by atoms with van der Waals surface area (Å²) in [5.74, 6) is 0.758. The Kier molecular flexibility index (Phi) is 5.98. The minimum Gasteiger partial charge on any atom is -0.491 e. The molecule has 0 saturated carbocycles. The Morgan fingerprint density at radius 1 is 1.38 bits per heavy atom. The molecule has 0 fully saturated rings. The van der Waals surface area contributed by atoms with E-state index in [1.807, 2.05) is 24.3 Å². The molecule has 0 aliphatic heterocycles. The van der Waals surface area contributed by atoms with Gasteiger partial charge in [0.2, 0.25) is 0 Å². The molecule has 0 bridgehead atoms. The molecule has 6 heteroatoms. The monoisotopic (exact) mass is 308 g/mol. The molecule has 1 aromatic carbocycles. The van der Waals surface area contributed by atoms with Gasteiger partial charge in [-0.2, -0.15) is 0 Å². The summed E-state index contributed by atoms with van der Waals surface area (Å²) >= 11 is 1.14. The van der Waals surface area contributed by atoms with E-state index in [0.29, 0.717) is 13.1 Å². The second-order valence-corrected chi connectivity index (χ2v) is 5.61. The smallest absolute Gasteiger partial charge is 0.304 e. The second kappa shape index (κ2) is 7.97. The number of nitrogens with one attached hydrogen (secondary N) is 2. The Morgan fingerprint density at radius 3 is 2.76 bits per heavy atom. The van der Waals surface area contributed by atoms with Crippen molar-refractivity contribution in [2.45, 2.75) is 26.0 Å². The largest absolute Gasteiger partial charge is 0.491 e. The van der Waals surface area contributed by atoms with Crippen molar-refractivity contribution in [2.24, 2.45) is 0 Å². The van der Waals surface area contributed by atoms with E-state index in [-0.39, 0.29) is 11.5 Å². The van der Waals surface area contributed by atoms with Crippen molar-refractivity contribution in [3.63, 3.8) is 0 Å². The highest BCUT2D eigenvalue weighted by Gasteiger charge is 2.05. The van der Waals surface area contributed by atoms with Crippen molar-refractivity contribution in [1.29, 1.82) is 0 Å². The average molecular weight is 308 g/mol. The number of hydrogen-bond acceptors (Lipinski definition) is 5. The number of benzene rings is 1. The number of aliphatic hydroxyl groups is 1. The minimum atomic E-state index is -0.596. The van der Waals surface area contributed by atoms with Crippen LogP contribution in [0.4, 0.5) is 0 Å². The highest BCUT2D eigenvalue weighted by molar-refractivity contribution is 7.07. The Labute approximate surface area is 127 Å². The van der Waals surface area contributed by atoms with E-state index in [9.17, 15) is 9.90 Å². The molecule has 1 unspecified atom stereocenters. The Balaban J connectivity index is 1.66. The molecule has 21 heavy (non-hydrogen) atoms. The van der Waals surface area contributed by atoms with Crippen LogP contribution in [0, 0.1) is 0 Å². The van der Waals surface area contributed by atoms with Gasteiger partial charge in [0.1, 0.15) is 18.5 Å². The molecule has 0 spiro atoms. The van der Waals surface area contributed by atoms with E-state index in [4.69, 9.17) is 4.74 Å². The van der Waals surface area contributed by atoms with Crippen LogP contribution < -0.4 is 14.9 Å². The van der Waals surface area contributed by atoms with E-state index < -0.39 is 6.10 Å². The summed E-state index contributed by atoms with van der Waals surface area (Å²) in [4.78, 5) is 13.6. The molecule has 1 aromatic heterocycles. The SMILES string of the molecule is CCc1ccc(OCC(O)CNCc2csc(=O)[nH]2)cc1. The third kappa shape index (κ3) is 5.34. The van der Waals surface area contributed by atoms with Crippen LogP contribution >= 0.6 is 11.3 Å². The number of H-pyrrole nitrogens is 1. The molecule has 1 atom stereocenters. The first-order valence-electron chi connectivity index (χ1n) is 6.94. The predicted molar refractivity (Wildman–Crippen MR) is 84.0 cm³/mol. The van der Waals surface area contributed by atoms with Crippen molar-refractivity contribution in [3.8, 4) is 5.75 Å². The molecule has 0 aliphatic carbocycles. The van der Waals surface area contributed by atoms with Gasteiger partial charge in [0.05, 0.1) is 0 Å². The summed E-state index contributed by atoms with van der Waals surface area (Å²) in [6.45, 7) is 3.27. The van der Waals surface area contributed by atoms with Crippen LogP contribution in [0.3, 0.4) is 0 Å². The Bertz CT molecular complexity index is 591. The highest BCUT2D eigenvalue weighted by atomic mass is 32.1. The van der Waals surface area contributed by atoms with E-state index in [1.165, 1.54) is 5.56 Å². The average Bonchev–Trinajstić information content (AvgIpc) is 2.91. The van der Waals surface area contributed by atoms with E-state index in [0.717, 1.165) is 29.2 Å². The van der Waals surface area contributed by atoms with Crippen LogP contribution in [-0.2, 0) is 13.0 Å². The first-order chi connectivity index (χ1) is 10.2. The first-order valence-corrected chi connectivity index (χ1v) is 7.82. The van der Waals surface area contributed by atoms with E-state index in [1.54, 1.807) is 5.38 Å². The van der Waals surface area contributed by atoms with Gasteiger partial charge in [-0.3, -0.25) is 4.79 Å². The minimum absolute atomic E-state index is 0.0637. The standard InChI is InChI=1S/C15H20N2O3S/c1-2-11-3-5-14(6-4-11)20-9-13(18)8-16-7-12-10-21-15(19)17-12/h3-6,10,13,16,18H,2,7-9H2,1H3,(H,17,19). The van der Waals surface area contributed by atoms with Crippen LogP contribution in [0.1, 0.15) is 18.2 Å². The van der Waals surface area contributed by atoms with E-state index >= 15 is 0 Å². The quantitative estimate of drug-likeness (QED) is 0.691. The Hall–Kier alpha value is -1.63. The molecule has 3 N–H and O–H groups in total. The lowest BCUT2D eigenvalue weighted by Gasteiger charge is -2.13. The maximum Gasteiger partial charge on any atom is 0.304 e. The summed E-state index contributed by atoms with van der Waals surface area (Å²) in [7, 11) is 0. The molecule has 114 valence electrons. The fraction of sp³-hybridized carbons (Fsp3) is 0.400. The number of aliphatic hydroxyl groups excluding tert-OH is 1. The molecular formula is C15H20N2O3S. The predicted octanol–water partition coefficient (Wildman–Crippen LogP) is 1.53. The maximum atomic E-state index is 11.0. The van der Waals surface area contributed by atoms with E-state index in [2.05, 4.69) is 17.2 Å². The zero-order valence-corrected chi connectivity index (χ0v) is 12.8. The van der Waals surface area contributed by atoms with Gasteiger partial charge >= 0.3 is 4.87 Å². The number of ether oxygens (including phenoxy) is 1. The molecule has 0 saturated heterocycles. The third-order valence-corrected chi connectivity index (χ3v) is 3.76. The maximum absolute atomic E-state index is 11.0. The molecule has 0 amide bonds. The van der Waals surface area contributed by atoms with Gasteiger partial charge in [0, 0.05) is 24.2 Å². The zero-order chi connectivity index (χ0) is 15.1. The van der Waals surface area contributed by atoms with Crippen LogP contribution in [0.15, 0.2) is 34.4 Å². The van der Waals surface area contributed by atoms with Crippen molar-refractivity contribution in [3.05, 3.63) is 50.6 Å². The van der Waals surface area contributed by atoms with Crippen molar-refractivity contribution in [2.75, 3.05) is 13.2 Å². The van der Waals surface area contributed by atoms with Crippen molar-refractivity contribution < 1.29 is 9.84 Å². The van der Waals surface area contributed by atoms with Gasteiger partial charge in [-0.05, 0) is 24.1 Å². The molecular weight excluding hydrogens is 288 g/mol. The first kappa shape index (κ1) is 15.8. The normalized spacial score (nSPS) is 12.3. The lowest BCUT2D eigenvalue weighted by Crippen LogP contribution is -2.31. The lowest BCUT2D eigenvalue weighted by atomic mass is 10.2. The molecule has 5 nitrogen and oxygen atoms in total. The molecule has 2 aromatic rings. The lowest BCUT2D eigenvalue weighted by molar-refractivity contribution is 0.106. The molecule has 0 aliphatic rings. The summed E-state index contributed by atoms with van der Waals surface area (Å²) in [6.07, 6.45) is 0.401. The number of aromatic amines is 1. The molecule has 1 heterocycles. The summed E-state index contributed by atoms with van der Waals surface area (Å²) < 4.78 is 5.53. The van der Waals surface area contributed by atoms with Crippen LogP contribution in [0.5, 0.6) is 5.75 Å². The van der Waals surface area contributed by atoms with Gasteiger partial charge < -0.3 is 20.1 Å². The second-order valence-electron chi connectivity index (χ2n) is 4.77. The fourth-order valence-corrected chi connectivity index (χ4v) is 2.43. The van der Waals surface area contributed by atoms with Crippen molar-refractivity contribution >= 4 is 11.3 Å². The van der Waals surface area contributed by atoms with Crippen molar-refractivity contribution in [1.82, 2.24) is 10.3 Å².